The molecule has 0 fully saturated rings. The highest BCUT2D eigenvalue weighted by molar-refractivity contribution is 4.96. The molecule has 0 aromatic rings. The predicted molar refractivity (Wildman–Crippen MR) is 159 cm³/mol. The molecule has 0 amide bonds. The average Bonchev–Trinajstić information content (AvgIpc) is 3.25. The number of hydrogen-bond acceptors (Lipinski definition) is 2. The molecule has 1 aliphatic rings. The van der Waals surface area contributed by atoms with Crippen LogP contribution in [0.5, 0.6) is 0 Å². The lowest BCUT2D eigenvalue weighted by Crippen LogP contribution is -2.39. The molecule has 0 saturated carbocycles. The summed E-state index contributed by atoms with van der Waals surface area (Å²) in [6.07, 6.45) is 41.1. The summed E-state index contributed by atoms with van der Waals surface area (Å²) in [6, 6.07) is 0. The zero-order valence-corrected chi connectivity index (χ0v) is 24.7. The fraction of sp³-hybridized carbons (Fsp3) is 0.939. The molecule has 1 rings (SSSR count). The first kappa shape index (κ1) is 32.4. The van der Waals surface area contributed by atoms with Crippen molar-refractivity contribution in [2.24, 2.45) is 0 Å². The van der Waals surface area contributed by atoms with Gasteiger partial charge in [-0.1, -0.05) is 156 Å². The summed E-state index contributed by atoms with van der Waals surface area (Å²) in [5, 5.41) is 0. The van der Waals surface area contributed by atoms with Crippen molar-refractivity contribution in [2.75, 3.05) is 13.1 Å². The molecular formula is C33H66N2. The summed E-state index contributed by atoms with van der Waals surface area (Å²) < 4.78 is 0. The van der Waals surface area contributed by atoms with Crippen LogP contribution in [0.25, 0.3) is 0 Å². The Morgan fingerprint density at radius 3 is 1.03 bits per heavy atom. The molecule has 1 unspecified atom stereocenters. The molecule has 0 aromatic carbocycles. The molecular weight excluding hydrogens is 424 g/mol. The second kappa shape index (κ2) is 25.0. The first-order valence-corrected chi connectivity index (χ1v) is 16.5. The molecule has 208 valence electrons. The minimum absolute atomic E-state index is 0.643. The quantitative estimate of drug-likeness (QED) is 0.106. The van der Waals surface area contributed by atoms with Gasteiger partial charge < -0.3 is 9.80 Å². The van der Waals surface area contributed by atoms with E-state index >= 15 is 0 Å². The smallest absolute Gasteiger partial charge is 0.101 e. The Bertz CT molecular complexity index is 446. The van der Waals surface area contributed by atoms with E-state index in [0.29, 0.717) is 6.17 Å². The van der Waals surface area contributed by atoms with Crippen LogP contribution in [0, 0.1) is 0 Å². The SMILES string of the molecule is CCCCCCCCCCCCCCCCCCCN1C=CN(CCCCCC)C1CCCCC. The van der Waals surface area contributed by atoms with Crippen LogP contribution in [0.2, 0.25) is 0 Å². The monoisotopic (exact) mass is 491 g/mol. The molecule has 35 heavy (non-hydrogen) atoms. The molecule has 0 saturated heterocycles. The molecule has 0 N–H and O–H groups in total. The largest absolute Gasteiger partial charge is 0.356 e. The zero-order valence-electron chi connectivity index (χ0n) is 24.7. The third-order valence-corrected chi connectivity index (χ3v) is 8.07. The van der Waals surface area contributed by atoms with Gasteiger partial charge in [0.1, 0.15) is 6.17 Å². The molecule has 1 atom stereocenters. The van der Waals surface area contributed by atoms with Gasteiger partial charge in [0.05, 0.1) is 0 Å². The molecule has 0 bridgehead atoms. The van der Waals surface area contributed by atoms with Crippen LogP contribution in [0.15, 0.2) is 12.4 Å². The standard InChI is InChI=1S/C33H66N2/c1-4-7-10-12-13-14-15-16-17-18-19-20-21-22-23-24-27-30-35-32-31-34(29-26-11-8-5-2)33(35)28-25-9-6-3/h31-33H,4-30H2,1-3H3. The van der Waals surface area contributed by atoms with Crippen molar-refractivity contribution in [3.05, 3.63) is 12.4 Å². The summed E-state index contributed by atoms with van der Waals surface area (Å²) in [5.74, 6) is 0. The van der Waals surface area contributed by atoms with Gasteiger partial charge in [-0.25, -0.2) is 0 Å². The van der Waals surface area contributed by atoms with Crippen LogP contribution in [0.4, 0.5) is 0 Å². The lowest BCUT2D eigenvalue weighted by molar-refractivity contribution is 0.136. The number of nitrogens with zero attached hydrogens (tertiary/aromatic N) is 2. The van der Waals surface area contributed by atoms with Gasteiger partial charge in [0.25, 0.3) is 0 Å². The van der Waals surface area contributed by atoms with E-state index in [1.807, 2.05) is 0 Å². The van der Waals surface area contributed by atoms with Gasteiger partial charge in [-0.05, 0) is 25.7 Å². The van der Waals surface area contributed by atoms with E-state index in [9.17, 15) is 0 Å². The molecule has 1 heterocycles. The lowest BCUT2D eigenvalue weighted by atomic mass is 10.0. The van der Waals surface area contributed by atoms with Gasteiger partial charge in [0.2, 0.25) is 0 Å². The molecule has 0 aromatic heterocycles. The predicted octanol–water partition coefficient (Wildman–Crippen LogP) is 11.2. The Balaban J connectivity index is 1.98. The average molecular weight is 491 g/mol. The maximum absolute atomic E-state index is 2.67. The Kier molecular flexibility index (Phi) is 23.1. The molecule has 0 spiro atoms. The number of hydrogen-bond donors (Lipinski definition) is 0. The van der Waals surface area contributed by atoms with E-state index in [1.54, 1.807) is 0 Å². The van der Waals surface area contributed by atoms with Gasteiger partial charge in [0.15, 0.2) is 0 Å². The second-order valence-corrected chi connectivity index (χ2v) is 11.5. The van der Waals surface area contributed by atoms with Gasteiger partial charge >= 0.3 is 0 Å². The van der Waals surface area contributed by atoms with Crippen molar-refractivity contribution >= 4 is 0 Å². The van der Waals surface area contributed by atoms with Gasteiger partial charge in [-0.15, -0.1) is 0 Å². The molecule has 0 aliphatic carbocycles. The van der Waals surface area contributed by atoms with Crippen molar-refractivity contribution < 1.29 is 0 Å². The summed E-state index contributed by atoms with van der Waals surface area (Å²) >= 11 is 0. The van der Waals surface area contributed by atoms with Gasteiger partial charge in [-0.2, -0.15) is 0 Å². The minimum Gasteiger partial charge on any atom is -0.356 e. The normalized spacial score (nSPS) is 15.6. The van der Waals surface area contributed by atoms with Gasteiger partial charge in [0, 0.05) is 25.5 Å². The van der Waals surface area contributed by atoms with Crippen LogP contribution in [-0.4, -0.2) is 29.1 Å². The van der Waals surface area contributed by atoms with E-state index in [4.69, 9.17) is 0 Å². The van der Waals surface area contributed by atoms with E-state index in [0.717, 1.165) is 0 Å². The Morgan fingerprint density at radius 1 is 0.371 bits per heavy atom. The summed E-state index contributed by atoms with van der Waals surface area (Å²) in [7, 11) is 0. The third-order valence-electron chi connectivity index (χ3n) is 8.07. The van der Waals surface area contributed by atoms with E-state index in [-0.39, 0.29) is 0 Å². The first-order valence-electron chi connectivity index (χ1n) is 16.5. The summed E-state index contributed by atoms with van der Waals surface area (Å²) in [4.78, 5) is 5.32. The highest BCUT2D eigenvalue weighted by Crippen LogP contribution is 2.23. The fourth-order valence-electron chi connectivity index (χ4n) is 5.66. The van der Waals surface area contributed by atoms with Crippen LogP contribution in [0.3, 0.4) is 0 Å². The molecule has 2 heteroatoms. The maximum Gasteiger partial charge on any atom is 0.101 e. The Hall–Kier alpha value is -0.660. The van der Waals surface area contributed by atoms with Crippen molar-refractivity contribution in [1.82, 2.24) is 9.80 Å². The van der Waals surface area contributed by atoms with E-state index in [2.05, 4.69) is 43.0 Å². The van der Waals surface area contributed by atoms with Crippen molar-refractivity contribution in [1.29, 1.82) is 0 Å². The van der Waals surface area contributed by atoms with Crippen LogP contribution in [-0.2, 0) is 0 Å². The van der Waals surface area contributed by atoms with Crippen LogP contribution in [0.1, 0.15) is 181 Å². The fourth-order valence-corrected chi connectivity index (χ4v) is 5.66. The number of rotatable bonds is 27. The molecule has 0 radical (unpaired) electrons. The second-order valence-electron chi connectivity index (χ2n) is 11.5. The lowest BCUT2D eigenvalue weighted by Gasteiger charge is -2.33. The van der Waals surface area contributed by atoms with Crippen LogP contribution >= 0.6 is 0 Å². The zero-order chi connectivity index (χ0) is 25.2. The first-order chi connectivity index (χ1) is 17.3. The topological polar surface area (TPSA) is 6.48 Å². The summed E-state index contributed by atoms with van der Waals surface area (Å²) in [5.41, 5.74) is 0. The van der Waals surface area contributed by atoms with Crippen LogP contribution < -0.4 is 0 Å². The molecule has 1 aliphatic heterocycles. The maximum atomic E-state index is 2.67. The molecule has 2 nitrogen and oxygen atoms in total. The van der Waals surface area contributed by atoms with Crippen molar-refractivity contribution in [3.8, 4) is 0 Å². The van der Waals surface area contributed by atoms with Crippen molar-refractivity contribution in [3.63, 3.8) is 0 Å². The number of unbranched alkanes of at least 4 members (excludes halogenated alkanes) is 21. The van der Waals surface area contributed by atoms with Gasteiger partial charge in [-0.3, -0.25) is 0 Å². The van der Waals surface area contributed by atoms with Crippen molar-refractivity contribution in [2.45, 2.75) is 187 Å². The highest BCUT2D eigenvalue weighted by Gasteiger charge is 2.24. The van der Waals surface area contributed by atoms with E-state index < -0.39 is 0 Å². The summed E-state index contributed by atoms with van der Waals surface area (Å²) in [6.45, 7) is 9.45. The van der Waals surface area contributed by atoms with E-state index in [1.165, 1.54) is 174 Å². The Labute approximate surface area is 222 Å². The highest BCUT2D eigenvalue weighted by atomic mass is 15.4. The Morgan fingerprint density at radius 2 is 0.657 bits per heavy atom. The minimum atomic E-state index is 0.643. The third kappa shape index (κ3) is 18.3.